The van der Waals surface area contributed by atoms with E-state index in [1.54, 1.807) is 7.11 Å². The highest BCUT2D eigenvalue weighted by Gasteiger charge is 1.94. The summed E-state index contributed by atoms with van der Waals surface area (Å²) in [6.07, 6.45) is 2.27. The Morgan fingerprint density at radius 1 is 1.20 bits per heavy atom. The van der Waals surface area contributed by atoms with Crippen molar-refractivity contribution in [3.8, 4) is 5.75 Å². The van der Waals surface area contributed by atoms with Gasteiger partial charge in [-0.2, -0.15) is 5.48 Å². The van der Waals surface area contributed by atoms with Crippen molar-refractivity contribution in [1.82, 2.24) is 5.48 Å². The van der Waals surface area contributed by atoms with Crippen LogP contribution in [0.4, 0.5) is 0 Å². The Morgan fingerprint density at radius 2 is 1.93 bits per heavy atom. The molecule has 84 valence electrons. The first-order valence-corrected chi connectivity index (χ1v) is 5.34. The van der Waals surface area contributed by atoms with Crippen molar-refractivity contribution in [3.63, 3.8) is 0 Å². The van der Waals surface area contributed by atoms with Crippen molar-refractivity contribution in [3.05, 3.63) is 29.8 Å². The Hall–Kier alpha value is -1.06. The zero-order valence-corrected chi connectivity index (χ0v) is 9.45. The third kappa shape index (κ3) is 4.81. The fourth-order valence-corrected chi connectivity index (χ4v) is 1.19. The Balaban J connectivity index is 2.35. The first kappa shape index (κ1) is 12.0. The molecule has 0 radical (unpaired) electrons. The van der Waals surface area contributed by atoms with Gasteiger partial charge in [-0.15, -0.1) is 0 Å². The van der Waals surface area contributed by atoms with Crippen molar-refractivity contribution in [2.45, 2.75) is 26.3 Å². The molecule has 15 heavy (non-hydrogen) atoms. The molecule has 0 heterocycles. The van der Waals surface area contributed by atoms with Gasteiger partial charge in [0.2, 0.25) is 0 Å². The predicted molar refractivity (Wildman–Crippen MR) is 60.7 cm³/mol. The maximum atomic E-state index is 5.55. The summed E-state index contributed by atoms with van der Waals surface area (Å²) >= 11 is 0. The molecular formula is C12H19NO2. The van der Waals surface area contributed by atoms with E-state index in [9.17, 15) is 0 Å². The Morgan fingerprint density at radius 3 is 2.53 bits per heavy atom. The van der Waals surface area contributed by atoms with Crippen LogP contribution in [0.3, 0.4) is 0 Å². The minimum atomic E-state index is 0.714. The van der Waals surface area contributed by atoms with Gasteiger partial charge in [0.1, 0.15) is 5.75 Å². The van der Waals surface area contributed by atoms with E-state index in [-0.39, 0.29) is 0 Å². The highest BCUT2D eigenvalue weighted by atomic mass is 16.6. The Labute approximate surface area is 91.4 Å². The summed E-state index contributed by atoms with van der Waals surface area (Å²) in [5.41, 5.74) is 3.98. The third-order valence-corrected chi connectivity index (χ3v) is 2.11. The molecule has 1 aromatic carbocycles. The number of rotatable bonds is 7. The first-order valence-electron chi connectivity index (χ1n) is 5.34. The molecule has 0 aliphatic carbocycles. The predicted octanol–water partition coefficient (Wildman–Crippen LogP) is 2.52. The lowest BCUT2D eigenvalue weighted by Gasteiger charge is -2.06. The minimum absolute atomic E-state index is 0.714. The van der Waals surface area contributed by atoms with E-state index < -0.39 is 0 Å². The summed E-state index contributed by atoms with van der Waals surface area (Å²) in [6.45, 7) is 3.67. The van der Waals surface area contributed by atoms with Crippen LogP contribution in [-0.4, -0.2) is 13.7 Å². The molecule has 1 aromatic rings. The zero-order valence-electron chi connectivity index (χ0n) is 9.45. The van der Waals surface area contributed by atoms with E-state index in [4.69, 9.17) is 9.57 Å². The normalized spacial score (nSPS) is 10.3. The van der Waals surface area contributed by atoms with Gasteiger partial charge < -0.3 is 9.57 Å². The molecule has 0 spiro atoms. The maximum Gasteiger partial charge on any atom is 0.119 e. The van der Waals surface area contributed by atoms with Crippen LogP contribution in [0, 0.1) is 0 Å². The lowest BCUT2D eigenvalue weighted by molar-refractivity contribution is 0.0867. The number of unbranched alkanes of at least 4 members (excludes halogenated alkanes) is 1. The Kier molecular flexibility index (Phi) is 5.81. The van der Waals surface area contributed by atoms with Gasteiger partial charge in [0.15, 0.2) is 0 Å². The maximum absolute atomic E-state index is 5.55. The van der Waals surface area contributed by atoms with Gasteiger partial charge in [-0.25, -0.2) is 0 Å². The van der Waals surface area contributed by atoms with Gasteiger partial charge in [0.25, 0.3) is 0 Å². The van der Waals surface area contributed by atoms with Crippen molar-refractivity contribution in [2.75, 3.05) is 13.7 Å². The summed E-state index contributed by atoms with van der Waals surface area (Å²) in [6, 6.07) is 8.05. The molecule has 0 atom stereocenters. The zero-order chi connectivity index (χ0) is 10.9. The van der Waals surface area contributed by atoms with Crippen LogP contribution < -0.4 is 10.2 Å². The molecule has 3 nitrogen and oxygen atoms in total. The van der Waals surface area contributed by atoms with Crippen molar-refractivity contribution in [2.24, 2.45) is 0 Å². The molecule has 0 saturated carbocycles. The topological polar surface area (TPSA) is 30.5 Å². The number of hydrogen-bond acceptors (Lipinski definition) is 3. The molecule has 1 rings (SSSR count). The second-order valence-electron chi connectivity index (χ2n) is 3.37. The SMILES string of the molecule is CCCCOc1ccc(CNOC)cc1. The van der Waals surface area contributed by atoms with Crippen LogP contribution in [-0.2, 0) is 11.4 Å². The molecule has 0 aliphatic heterocycles. The van der Waals surface area contributed by atoms with Crippen molar-refractivity contribution >= 4 is 0 Å². The van der Waals surface area contributed by atoms with Crippen LogP contribution >= 0.6 is 0 Å². The molecule has 1 N–H and O–H groups in total. The second kappa shape index (κ2) is 7.26. The molecule has 0 amide bonds. The fourth-order valence-electron chi connectivity index (χ4n) is 1.19. The molecule has 0 bridgehead atoms. The van der Waals surface area contributed by atoms with Gasteiger partial charge in [0.05, 0.1) is 13.7 Å². The average molecular weight is 209 g/mol. The van der Waals surface area contributed by atoms with Crippen molar-refractivity contribution < 1.29 is 9.57 Å². The molecule has 3 heteroatoms. The minimum Gasteiger partial charge on any atom is -0.494 e. The van der Waals surface area contributed by atoms with Gasteiger partial charge in [-0.05, 0) is 24.1 Å². The van der Waals surface area contributed by atoms with Crippen molar-refractivity contribution in [1.29, 1.82) is 0 Å². The lowest BCUT2D eigenvalue weighted by atomic mass is 10.2. The van der Waals surface area contributed by atoms with E-state index in [2.05, 4.69) is 12.4 Å². The third-order valence-electron chi connectivity index (χ3n) is 2.11. The van der Waals surface area contributed by atoms with E-state index >= 15 is 0 Å². The number of nitrogens with one attached hydrogen (secondary N) is 1. The number of benzene rings is 1. The van der Waals surface area contributed by atoms with Crippen LogP contribution in [0.15, 0.2) is 24.3 Å². The molecule has 0 saturated heterocycles. The fraction of sp³-hybridized carbons (Fsp3) is 0.500. The van der Waals surface area contributed by atoms with Gasteiger partial charge in [-0.3, -0.25) is 0 Å². The standard InChI is InChI=1S/C12H19NO2/c1-3-4-9-15-12-7-5-11(6-8-12)10-13-14-2/h5-8,13H,3-4,9-10H2,1-2H3. The van der Waals surface area contributed by atoms with E-state index in [1.807, 2.05) is 24.3 Å². The lowest BCUT2D eigenvalue weighted by Crippen LogP contribution is -2.10. The summed E-state index contributed by atoms with van der Waals surface area (Å²) in [7, 11) is 1.61. The smallest absolute Gasteiger partial charge is 0.119 e. The summed E-state index contributed by atoms with van der Waals surface area (Å²) in [5.74, 6) is 0.935. The number of hydroxylamine groups is 1. The molecular weight excluding hydrogens is 190 g/mol. The monoisotopic (exact) mass is 209 g/mol. The molecule has 0 aliphatic rings. The van der Waals surface area contributed by atoms with E-state index in [0.717, 1.165) is 25.2 Å². The molecule has 0 fully saturated rings. The van der Waals surface area contributed by atoms with Crippen LogP contribution in [0.1, 0.15) is 25.3 Å². The molecule has 0 unspecified atom stereocenters. The van der Waals surface area contributed by atoms with E-state index in [1.165, 1.54) is 5.56 Å². The van der Waals surface area contributed by atoms with Gasteiger partial charge >= 0.3 is 0 Å². The van der Waals surface area contributed by atoms with E-state index in [0.29, 0.717) is 6.54 Å². The highest BCUT2D eigenvalue weighted by molar-refractivity contribution is 5.27. The number of ether oxygens (including phenoxy) is 1. The highest BCUT2D eigenvalue weighted by Crippen LogP contribution is 2.12. The van der Waals surface area contributed by atoms with Crippen LogP contribution in [0.25, 0.3) is 0 Å². The second-order valence-corrected chi connectivity index (χ2v) is 3.37. The molecule has 0 aromatic heterocycles. The summed E-state index contributed by atoms with van der Waals surface area (Å²) in [5, 5.41) is 0. The van der Waals surface area contributed by atoms with Crippen LogP contribution in [0.5, 0.6) is 5.75 Å². The van der Waals surface area contributed by atoms with Gasteiger partial charge in [0, 0.05) is 6.54 Å². The quantitative estimate of drug-likeness (QED) is 0.553. The Bertz CT molecular complexity index is 259. The van der Waals surface area contributed by atoms with Crippen LogP contribution in [0.2, 0.25) is 0 Å². The number of hydrogen-bond donors (Lipinski definition) is 1. The summed E-state index contributed by atoms with van der Waals surface area (Å²) < 4.78 is 5.55. The average Bonchev–Trinajstić information content (AvgIpc) is 2.28. The summed E-state index contributed by atoms with van der Waals surface area (Å²) in [4.78, 5) is 4.77. The largest absolute Gasteiger partial charge is 0.494 e. The first-order chi connectivity index (χ1) is 7.36. The van der Waals surface area contributed by atoms with Gasteiger partial charge in [-0.1, -0.05) is 25.5 Å².